The number of phenolic OH excluding ortho intramolecular Hbond substituents is 1. The predicted octanol–water partition coefficient (Wildman–Crippen LogP) is 3.22. The summed E-state index contributed by atoms with van der Waals surface area (Å²) in [6, 6.07) is 9.52. The number of halogens is 1. The van der Waals surface area contributed by atoms with Gasteiger partial charge in [-0.3, -0.25) is 9.52 Å². The van der Waals surface area contributed by atoms with Gasteiger partial charge in [-0.15, -0.1) is 0 Å². The molecule has 0 saturated heterocycles. The van der Waals surface area contributed by atoms with Gasteiger partial charge in [0.2, 0.25) is 10.0 Å². The highest BCUT2D eigenvalue weighted by atomic mass is 35.5. The summed E-state index contributed by atoms with van der Waals surface area (Å²) in [4.78, 5) is 12.6. The van der Waals surface area contributed by atoms with Crippen molar-refractivity contribution in [1.29, 1.82) is 0 Å². The predicted molar refractivity (Wildman–Crippen MR) is 101 cm³/mol. The van der Waals surface area contributed by atoms with Crippen molar-refractivity contribution in [2.45, 2.75) is 25.3 Å². The largest absolute Gasteiger partial charge is 0.508 e. The molecule has 0 saturated carbocycles. The molecule has 0 spiro atoms. The standard InChI is InChI=1S/C18H19ClN2O4S/c1-26(24,25)21-16-10-11(8-9-14(16)19)18(23)20-15-6-2-5-13-12(15)4-3-7-17(13)22/h3-4,7-10,15,21-22H,2,5-6H2,1H3,(H,20,23). The zero-order chi connectivity index (χ0) is 18.9. The molecule has 0 heterocycles. The van der Waals surface area contributed by atoms with Crippen LogP contribution in [0.3, 0.4) is 0 Å². The Hall–Kier alpha value is -2.25. The van der Waals surface area contributed by atoms with E-state index in [0.717, 1.165) is 36.6 Å². The molecule has 0 aromatic heterocycles. The molecule has 1 unspecified atom stereocenters. The first-order chi connectivity index (χ1) is 12.2. The van der Waals surface area contributed by atoms with Gasteiger partial charge in [-0.2, -0.15) is 0 Å². The molecule has 1 amide bonds. The maximum absolute atomic E-state index is 12.6. The van der Waals surface area contributed by atoms with Crippen molar-refractivity contribution in [2.24, 2.45) is 0 Å². The minimum Gasteiger partial charge on any atom is -0.508 e. The lowest BCUT2D eigenvalue weighted by molar-refractivity contribution is 0.0932. The minimum absolute atomic E-state index is 0.156. The van der Waals surface area contributed by atoms with Crippen LogP contribution in [0, 0.1) is 0 Å². The summed E-state index contributed by atoms with van der Waals surface area (Å²) in [5.41, 5.74) is 2.23. The van der Waals surface area contributed by atoms with Crippen LogP contribution in [-0.2, 0) is 16.4 Å². The minimum atomic E-state index is -3.51. The number of carbonyl (C=O) groups excluding carboxylic acids is 1. The van der Waals surface area contributed by atoms with E-state index in [2.05, 4.69) is 10.0 Å². The Kier molecular flexibility index (Phi) is 5.11. The second kappa shape index (κ2) is 7.17. The number of anilines is 1. The lowest BCUT2D eigenvalue weighted by atomic mass is 9.87. The van der Waals surface area contributed by atoms with Crippen LogP contribution in [0.2, 0.25) is 5.02 Å². The molecular weight excluding hydrogens is 376 g/mol. The molecule has 0 aliphatic heterocycles. The normalized spacial score (nSPS) is 16.6. The van der Waals surface area contributed by atoms with Gasteiger partial charge in [0, 0.05) is 5.56 Å². The second-order valence-corrected chi connectivity index (χ2v) is 8.49. The molecule has 2 aromatic rings. The molecule has 6 nitrogen and oxygen atoms in total. The molecular formula is C18H19ClN2O4S. The van der Waals surface area contributed by atoms with Crippen molar-refractivity contribution in [2.75, 3.05) is 11.0 Å². The van der Waals surface area contributed by atoms with Crippen molar-refractivity contribution in [3.05, 3.63) is 58.1 Å². The summed E-state index contributed by atoms with van der Waals surface area (Å²) in [5, 5.41) is 13.2. The third-order valence-electron chi connectivity index (χ3n) is 4.31. The number of hydrogen-bond donors (Lipinski definition) is 3. The van der Waals surface area contributed by atoms with Gasteiger partial charge in [0.25, 0.3) is 5.91 Å². The van der Waals surface area contributed by atoms with Crippen LogP contribution < -0.4 is 10.0 Å². The van der Waals surface area contributed by atoms with Crippen molar-refractivity contribution >= 4 is 33.2 Å². The van der Waals surface area contributed by atoms with E-state index in [9.17, 15) is 18.3 Å². The first kappa shape index (κ1) is 18.5. The number of sulfonamides is 1. The molecule has 1 aliphatic rings. The van der Waals surface area contributed by atoms with E-state index in [-0.39, 0.29) is 28.4 Å². The van der Waals surface area contributed by atoms with Gasteiger partial charge in [-0.1, -0.05) is 23.7 Å². The maximum atomic E-state index is 12.6. The fourth-order valence-electron chi connectivity index (χ4n) is 3.17. The SMILES string of the molecule is CS(=O)(=O)Nc1cc(C(=O)NC2CCCc3c(O)cccc32)ccc1Cl. The van der Waals surface area contributed by atoms with E-state index >= 15 is 0 Å². The lowest BCUT2D eigenvalue weighted by Crippen LogP contribution is -2.31. The summed E-state index contributed by atoms with van der Waals surface area (Å²) in [7, 11) is -3.51. The van der Waals surface area contributed by atoms with Gasteiger partial charge >= 0.3 is 0 Å². The molecule has 3 rings (SSSR count). The number of carbonyl (C=O) groups is 1. The van der Waals surface area contributed by atoms with Crippen LogP contribution in [0.15, 0.2) is 36.4 Å². The third-order valence-corrected chi connectivity index (χ3v) is 5.23. The zero-order valence-electron chi connectivity index (χ0n) is 14.1. The van der Waals surface area contributed by atoms with Crippen LogP contribution >= 0.6 is 11.6 Å². The number of phenols is 1. The van der Waals surface area contributed by atoms with E-state index in [1.807, 2.05) is 6.07 Å². The van der Waals surface area contributed by atoms with E-state index in [1.54, 1.807) is 12.1 Å². The Labute approximate surface area is 157 Å². The van der Waals surface area contributed by atoms with Crippen LogP contribution in [0.5, 0.6) is 5.75 Å². The number of aromatic hydroxyl groups is 1. The van der Waals surface area contributed by atoms with Gasteiger partial charge in [0.05, 0.1) is 23.0 Å². The van der Waals surface area contributed by atoms with E-state index in [1.165, 1.54) is 18.2 Å². The number of amides is 1. The first-order valence-corrected chi connectivity index (χ1v) is 10.4. The summed E-state index contributed by atoms with van der Waals surface area (Å²) in [5.74, 6) is -0.0907. The summed E-state index contributed by atoms with van der Waals surface area (Å²) in [6.45, 7) is 0. The number of fused-ring (bicyclic) bond motifs is 1. The highest BCUT2D eigenvalue weighted by Crippen LogP contribution is 2.35. The Morgan fingerprint density at radius 2 is 2.04 bits per heavy atom. The smallest absolute Gasteiger partial charge is 0.251 e. The number of rotatable bonds is 4. The second-order valence-electron chi connectivity index (χ2n) is 6.33. The lowest BCUT2D eigenvalue weighted by Gasteiger charge is -2.27. The van der Waals surface area contributed by atoms with Gasteiger partial charge in [-0.25, -0.2) is 8.42 Å². The number of hydrogen-bond acceptors (Lipinski definition) is 4. The average Bonchev–Trinajstić information content (AvgIpc) is 2.56. The molecule has 0 radical (unpaired) electrons. The molecule has 2 aromatic carbocycles. The van der Waals surface area contributed by atoms with E-state index in [4.69, 9.17) is 11.6 Å². The summed E-state index contributed by atoms with van der Waals surface area (Å²) >= 11 is 6.00. The van der Waals surface area contributed by atoms with Gasteiger partial charge in [0.1, 0.15) is 5.75 Å². The quantitative estimate of drug-likeness (QED) is 0.741. The van der Waals surface area contributed by atoms with E-state index < -0.39 is 10.0 Å². The molecule has 138 valence electrons. The molecule has 3 N–H and O–H groups in total. The van der Waals surface area contributed by atoms with Crippen molar-refractivity contribution in [1.82, 2.24) is 5.32 Å². The molecule has 26 heavy (non-hydrogen) atoms. The Morgan fingerprint density at radius 1 is 1.27 bits per heavy atom. The summed E-state index contributed by atoms with van der Waals surface area (Å²) < 4.78 is 25.2. The summed E-state index contributed by atoms with van der Waals surface area (Å²) in [6.07, 6.45) is 3.42. The first-order valence-electron chi connectivity index (χ1n) is 8.13. The molecule has 8 heteroatoms. The van der Waals surface area contributed by atoms with Crippen molar-refractivity contribution in [3.8, 4) is 5.75 Å². The fraction of sp³-hybridized carbons (Fsp3) is 0.278. The molecule has 1 atom stereocenters. The Morgan fingerprint density at radius 3 is 2.77 bits per heavy atom. The average molecular weight is 395 g/mol. The molecule has 0 bridgehead atoms. The highest BCUT2D eigenvalue weighted by molar-refractivity contribution is 7.92. The topological polar surface area (TPSA) is 95.5 Å². The van der Waals surface area contributed by atoms with Crippen LogP contribution in [-0.4, -0.2) is 25.7 Å². The zero-order valence-corrected chi connectivity index (χ0v) is 15.7. The van der Waals surface area contributed by atoms with E-state index in [0.29, 0.717) is 5.56 Å². The van der Waals surface area contributed by atoms with Gasteiger partial charge in [-0.05, 0) is 54.7 Å². The Bertz CT molecular complexity index is 960. The monoisotopic (exact) mass is 394 g/mol. The Balaban J connectivity index is 1.84. The highest BCUT2D eigenvalue weighted by Gasteiger charge is 2.24. The number of benzene rings is 2. The van der Waals surface area contributed by atoms with Crippen molar-refractivity contribution in [3.63, 3.8) is 0 Å². The van der Waals surface area contributed by atoms with Crippen LogP contribution in [0.4, 0.5) is 5.69 Å². The van der Waals surface area contributed by atoms with Crippen molar-refractivity contribution < 1.29 is 18.3 Å². The third kappa shape index (κ3) is 4.11. The van der Waals surface area contributed by atoms with Crippen LogP contribution in [0.25, 0.3) is 0 Å². The van der Waals surface area contributed by atoms with Gasteiger partial charge < -0.3 is 10.4 Å². The maximum Gasteiger partial charge on any atom is 0.251 e. The number of nitrogens with one attached hydrogen (secondary N) is 2. The fourth-order valence-corrected chi connectivity index (χ4v) is 3.95. The molecule has 0 fully saturated rings. The molecule has 1 aliphatic carbocycles. The van der Waals surface area contributed by atoms with Gasteiger partial charge in [0.15, 0.2) is 0 Å². The van der Waals surface area contributed by atoms with Crippen LogP contribution in [0.1, 0.15) is 40.4 Å².